The first-order valence-corrected chi connectivity index (χ1v) is 4.74. The Labute approximate surface area is 85.7 Å². The highest BCUT2D eigenvalue weighted by Crippen LogP contribution is 1.97. The minimum Gasteiger partial charge on any atom is -0.502 e. The van der Waals surface area contributed by atoms with Gasteiger partial charge in [-0.3, -0.25) is 0 Å². The standard InChI is InChI=1S/C10H20N2O2/c1-5-14-8-6-7-11-9(13)12-10(2,3)4/h5H,1,6-8H2,2-4H3,(H2,11,12,13). The number of hydrogen-bond acceptors (Lipinski definition) is 2. The van der Waals surface area contributed by atoms with Gasteiger partial charge in [0.15, 0.2) is 0 Å². The zero-order valence-corrected chi connectivity index (χ0v) is 9.22. The summed E-state index contributed by atoms with van der Waals surface area (Å²) < 4.78 is 4.91. The third-order valence-corrected chi connectivity index (χ3v) is 1.33. The molecule has 0 aromatic carbocycles. The Morgan fingerprint density at radius 3 is 2.64 bits per heavy atom. The molecule has 0 saturated heterocycles. The van der Waals surface area contributed by atoms with E-state index in [-0.39, 0.29) is 11.6 Å². The van der Waals surface area contributed by atoms with Gasteiger partial charge in [0.25, 0.3) is 0 Å². The van der Waals surface area contributed by atoms with E-state index in [1.165, 1.54) is 6.26 Å². The Bertz CT molecular complexity index is 185. The summed E-state index contributed by atoms with van der Waals surface area (Å²) in [7, 11) is 0. The van der Waals surface area contributed by atoms with E-state index in [1.54, 1.807) is 0 Å². The third kappa shape index (κ3) is 8.90. The number of carbonyl (C=O) groups excluding carboxylic acids is 1. The maximum atomic E-state index is 11.2. The molecule has 0 fully saturated rings. The molecule has 2 amide bonds. The summed E-state index contributed by atoms with van der Waals surface area (Å²) in [5.74, 6) is 0. The fourth-order valence-electron chi connectivity index (χ4n) is 0.826. The van der Waals surface area contributed by atoms with E-state index < -0.39 is 0 Å². The number of hydrogen-bond donors (Lipinski definition) is 2. The third-order valence-electron chi connectivity index (χ3n) is 1.33. The number of nitrogens with one attached hydrogen (secondary N) is 2. The van der Waals surface area contributed by atoms with Gasteiger partial charge >= 0.3 is 6.03 Å². The van der Waals surface area contributed by atoms with Gasteiger partial charge in [-0.15, -0.1) is 0 Å². The Hall–Kier alpha value is -1.19. The number of amides is 2. The summed E-state index contributed by atoms with van der Waals surface area (Å²) in [6, 6.07) is -0.142. The van der Waals surface area contributed by atoms with Crippen molar-refractivity contribution in [1.82, 2.24) is 10.6 Å². The van der Waals surface area contributed by atoms with Crippen molar-refractivity contribution in [1.29, 1.82) is 0 Å². The van der Waals surface area contributed by atoms with Crippen LogP contribution in [0.5, 0.6) is 0 Å². The van der Waals surface area contributed by atoms with Crippen LogP contribution in [0.15, 0.2) is 12.8 Å². The molecule has 2 N–H and O–H groups in total. The zero-order chi connectivity index (χ0) is 11.0. The van der Waals surface area contributed by atoms with Crippen LogP contribution in [0.4, 0.5) is 4.79 Å². The van der Waals surface area contributed by atoms with Gasteiger partial charge in [-0.25, -0.2) is 4.79 Å². The highest BCUT2D eigenvalue weighted by Gasteiger charge is 2.12. The van der Waals surface area contributed by atoms with E-state index in [0.29, 0.717) is 13.2 Å². The normalized spacial score (nSPS) is 10.5. The van der Waals surface area contributed by atoms with Crippen LogP contribution in [0.3, 0.4) is 0 Å². The van der Waals surface area contributed by atoms with Crippen molar-refractivity contribution < 1.29 is 9.53 Å². The molecule has 0 unspecified atom stereocenters. The molecule has 14 heavy (non-hydrogen) atoms. The number of rotatable bonds is 5. The number of urea groups is 1. The summed E-state index contributed by atoms with van der Waals surface area (Å²) in [4.78, 5) is 11.2. The Balaban J connectivity index is 3.41. The van der Waals surface area contributed by atoms with Crippen LogP contribution in [-0.4, -0.2) is 24.7 Å². The molecular weight excluding hydrogens is 180 g/mol. The van der Waals surface area contributed by atoms with Crippen LogP contribution in [0.25, 0.3) is 0 Å². The maximum Gasteiger partial charge on any atom is 0.315 e. The quantitative estimate of drug-likeness (QED) is 0.523. The summed E-state index contributed by atoms with van der Waals surface area (Å²) >= 11 is 0. The van der Waals surface area contributed by atoms with E-state index in [2.05, 4.69) is 17.2 Å². The second-order valence-corrected chi connectivity index (χ2v) is 4.02. The fraction of sp³-hybridized carbons (Fsp3) is 0.700. The van der Waals surface area contributed by atoms with Gasteiger partial charge in [0.2, 0.25) is 0 Å². The van der Waals surface area contributed by atoms with E-state index >= 15 is 0 Å². The van der Waals surface area contributed by atoms with Crippen molar-refractivity contribution in [3.63, 3.8) is 0 Å². The first-order valence-electron chi connectivity index (χ1n) is 4.74. The summed E-state index contributed by atoms with van der Waals surface area (Å²) in [6.45, 7) is 10.4. The minimum absolute atomic E-state index is 0.142. The Morgan fingerprint density at radius 1 is 1.50 bits per heavy atom. The molecule has 0 aromatic rings. The van der Waals surface area contributed by atoms with Gasteiger partial charge in [-0.2, -0.15) is 0 Å². The molecular formula is C10H20N2O2. The predicted octanol–water partition coefficient (Wildman–Crippen LogP) is 1.63. The van der Waals surface area contributed by atoms with Gasteiger partial charge in [0.05, 0.1) is 12.9 Å². The van der Waals surface area contributed by atoms with Gasteiger partial charge in [0, 0.05) is 12.1 Å². The molecule has 0 aliphatic heterocycles. The van der Waals surface area contributed by atoms with Gasteiger partial charge in [0.1, 0.15) is 0 Å². The lowest BCUT2D eigenvalue weighted by molar-refractivity contribution is 0.225. The molecule has 0 aromatic heterocycles. The first kappa shape index (κ1) is 12.8. The van der Waals surface area contributed by atoms with E-state index in [9.17, 15) is 4.79 Å². The average molecular weight is 200 g/mol. The van der Waals surface area contributed by atoms with Crippen molar-refractivity contribution in [2.24, 2.45) is 0 Å². The second kappa shape index (κ2) is 6.29. The summed E-state index contributed by atoms with van der Waals surface area (Å²) in [6.07, 6.45) is 2.18. The van der Waals surface area contributed by atoms with Crippen LogP contribution < -0.4 is 10.6 Å². The topological polar surface area (TPSA) is 50.4 Å². The lowest BCUT2D eigenvalue weighted by Gasteiger charge is -2.20. The molecule has 0 aliphatic carbocycles. The smallest absolute Gasteiger partial charge is 0.315 e. The molecule has 0 radical (unpaired) electrons. The monoisotopic (exact) mass is 200 g/mol. The van der Waals surface area contributed by atoms with Crippen molar-refractivity contribution >= 4 is 6.03 Å². The van der Waals surface area contributed by atoms with Crippen molar-refractivity contribution in [2.75, 3.05) is 13.2 Å². The maximum absolute atomic E-state index is 11.2. The van der Waals surface area contributed by atoms with Gasteiger partial charge < -0.3 is 15.4 Å². The number of ether oxygens (including phenoxy) is 1. The van der Waals surface area contributed by atoms with Crippen LogP contribution in [0.2, 0.25) is 0 Å². The highest BCUT2D eigenvalue weighted by atomic mass is 16.5. The Kier molecular flexibility index (Phi) is 5.76. The molecule has 0 spiro atoms. The van der Waals surface area contributed by atoms with Gasteiger partial charge in [-0.05, 0) is 27.2 Å². The van der Waals surface area contributed by atoms with Crippen LogP contribution in [0, 0.1) is 0 Å². The molecule has 4 nitrogen and oxygen atoms in total. The molecule has 82 valence electrons. The van der Waals surface area contributed by atoms with Gasteiger partial charge in [-0.1, -0.05) is 6.58 Å². The first-order chi connectivity index (χ1) is 6.45. The highest BCUT2D eigenvalue weighted by molar-refractivity contribution is 5.74. The molecule has 0 heterocycles. The molecule has 0 bridgehead atoms. The number of carbonyl (C=O) groups is 1. The minimum atomic E-state index is -0.193. The van der Waals surface area contributed by atoms with E-state index in [1.807, 2.05) is 20.8 Å². The van der Waals surface area contributed by atoms with E-state index in [0.717, 1.165) is 6.42 Å². The largest absolute Gasteiger partial charge is 0.502 e. The lowest BCUT2D eigenvalue weighted by atomic mass is 10.1. The predicted molar refractivity (Wildman–Crippen MR) is 57.1 cm³/mol. The molecule has 0 rings (SSSR count). The van der Waals surface area contributed by atoms with Crippen molar-refractivity contribution in [2.45, 2.75) is 32.7 Å². The van der Waals surface area contributed by atoms with Crippen LogP contribution >= 0.6 is 0 Å². The van der Waals surface area contributed by atoms with Crippen molar-refractivity contribution in [3.8, 4) is 0 Å². The molecule has 0 aliphatic rings. The Morgan fingerprint density at radius 2 is 2.14 bits per heavy atom. The lowest BCUT2D eigenvalue weighted by Crippen LogP contribution is -2.46. The summed E-state index contributed by atoms with van der Waals surface area (Å²) in [5.41, 5.74) is -0.193. The fourth-order valence-corrected chi connectivity index (χ4v) is 0.826. The molecule has 0 atom stereocenters. The van der Waals surface area contributed by atoms with Crippen LogP contribution in [-0.2, 0) is 4.74 Å². The van der Waals surface area contributed by atoms with Crippen molar-refractivity contribution in [3.05, 3.63) is 12.8 Å². The summed E-state index contributed by atoms with van der Waals surface area (Å²) in [5, 5.41) is 5.53. The zero-order valence-electron chi connectivity index (χ0n) is 9.22. The molecule has 4 heteroatoms. The second-order valence-electron chi connectivity index (χ2n) is 4.02. The van der Waals surface area contributed by atoms with Crippen LogP contribution in [0.1, 0.15) is 27.2 Å². The SMILES string of the molecule is C=COCCCNC(=O)NC(C)(C)C. The van der Waals surface area contributed by atoms with E-state index in [4.69, 9.17) is 4.74 Å². The average Bonchev–Trinajstić information content (AvgIpc) is 2.00. The molecule has 0 saturated carbocycles.